The maximum atomic E-state index is 11.4. The lowest BCUT2D eigenvalue weighted by atomic mass is 10.0. The molecule has 5 nitrogen and oxygen atoms in total. The zero-order valence-electron chi connectivity index (χ0n) is 9.52. The number of aliphatic carboxylic acids is 1. The van der Waals surface area contributed by atoms with Gasteiger partial charge in [0.05, 0.1) is 0 Å². The molecule has 88 valence electrons. The predicted octanol–water partition coefficient (Wildman–Crippen LogP) is 0.229. The van der Waals surface area contributed by atoms with E-state index >= 15 is 0 Å². The Morgan fingerprint density at radius 1 is 1.07 bits per heavy atom. The first-order valence-electron chi connectivity index (χ1n) is 4.98. The lowest BCUT2D eigenvalue weighted by Crippen LogP contribution is -2.49. The van der Waals surface area contributed by atoms with Gasteiger partial charge >= 0.3 is 5.97 Å². The van der Waals surface area contributed by atoms with E-state index < -0.39 is 24.0 Å². The summed E-state index contributed by atoms with van der Waals surface area (Å²) in [5, 5.41) is 20.5. The molecule has 0 fully saturated rings. The SMILES string of the molecule is CC(C)[C@H](O)C(=O)N[C@@H](C(=O)O)C(C)C. The summed E-state index contributed by atoms with van der Waals surface area (Å²) in [4.78, 5) is 22.2. The molecule has 1 amide bonds. The first-order chi connectivity index (χ1) is 6.77. The van der Waals surface area contributed by atoms with Crippen molar-refractivity contribution in [3.05, 3.63) is 0 Å². The van der Waals surface area contributed by atoms with Crippen LogP contribution in [0.4, 0.5) is 0 Å². The quantitative estimate of drug-likeness (QED) is 0.615. The number of aliphatic hydroxyl groups is 1. The van der Waals surface area contributed by atoms with Crippen LogP contribution in [0.3, 0.4) is 0 Å². The fourth-order valence-corrected chi connectivity index (χ4v) is 1.05. The zero-order valence-corrected chi connectivity index (χ0v) is 9.52. The van der Waals surface area contributed by atoms with E-state index in [1.54, 1.807) is 27.7 Å². The molecule has 5 heteroatoms. The molecule has 15 heavy (non-hydrogen) atoms. The van der Waals surface area contributed by atoms with E-state index in [1.807, 2.05) is 0 Å². The monoisotopic (exact) mass is 217 g/mol. The molecule has 0 spiro atoms. The Balaban J connectivity index is 4.43. The van der Waals surface area contributed by atoms with Gasteiger partial charge in [-0.2, -0.15) is 0 Å². The third-order valence-corrected chi connectivity index (χ3v) is 2.13. The second-order valence-electron chi connectivity index (χ2n) is 4.26. The molecule has 0 rings (SSSR count). The minimum atomic E-state index is -1.16. The highest BCUT2D eigenvalue weighted by Crippen LogP contribution is 2.05. The molecule has 0 radical (unpaired) electrons. The number of amides is 1. The van der Waals surface area contributed by atoms with Crippen LogP contribution in [0.1, 0.15) is 27.7 Å². The van der Waals surface area contributed by atoms with Crippen LogP contribution < -0.4 is 5.32 Å². The summed E-state index contributed by atoms with van der Waals surface area (Å²) in [5.74, 6) is -2.17. The van der Waals surface area contributed by atoms with Gasteiger partial charge in [-0.1, -0.05) is 27.7 Å². The normalized spacial score (nSPS) is 15.1. The van der Waals surface area contributed by atoms with Crippen LogP contribution >= 0.6 is 0 Å². The molecule has 0 bridgehead atoms. The van der Waals surface area contributed by atoms with Gasteiger partial charge in [-0.3, -0.25) is 4.79 Å². The molecular weight excluding hydrogens is 198 g/mol. The van der Waals surface area contributed by atoms with Crippen molar-refractivity contribution in [1.29, 1.82) is 0 Å². The van der Waals surface area contributed by atoms with Crippen LogP contribution in [0.25, 0.3) is 0 Å². The van der Waals surface area contributed by atoms with Crippen molar-refractivity contribution in [3.8, 4) is 0 Å². The molecular formula is C10H19NO4. The van der Waals surface area contributed by atoms with Gasteiger partial charge in [-0.15, -0.1) is 0 Å². The third kappa shape index (κ3) is 4.29. The average molecular weight is 217 g/mol. The Morgan fingerprint density at radius 2 is 1.53 bits per heavy atom. The maximum absolute atomic E-state index is 11.4. The molecule has 0 aromatic rings. The van der Waals surface area contributed by atoms with Crippen LogP contribution in [0, 0.1) is 11.8 Å². The van der Waals surface area contributed by atoms with Crippen LogP contribution in [-0.2, 0) is 9.59 Å². The van der Waals surface area contributed by atoms with Crippen molar-refractivity contribution in [2.24, 2.45) is 11.8 Å². The van der Waals surface area contributed by atoms with Crippen molar-refractivity contribution in [2.45, 2.75) is 39.8 Å². The van der Waals surface area contributed by atoms with Crippen molar-refractivity contribution < 1.29 is 19.8 Å². The lowest BCUT2D eigenvalue weighted by Gasteiger charge is -2.21. The van der Waals surface area contributed by atoms with E-state index in [0.717, 1.165) is 0 Å². The summed E-state index contributed by atoms with van der Waals surface area (Å²) in [6, 6.07) is -0.953. The van der Waals surface area contributed by atoms with E-state index in [4.69, 9.17) is 5.11 Å². The van der Waals surface area contributed by atoms with Crippen LogP contribution in [0.2, 0.25) is 0 Å². The molecule has 0 aromatic carbocycles. The molecule has 0 aliphatic carbocycles. The van der Waals surface area contributed by atoms with Gasteiger partial charge in [-0.25, -0.2) is 4.79 Å². The number of aliphatic hydroxyl groups excluding tert-OH is 1. The van der Waals surface area contributed by atoms with E-state index in [2.05, 4.69) is 5.32 Å². The molecule has 3 N–H and O–H groups in total. The number of carbonyl (C=O) groups is 2. The van der Waals surface area contributed by atoms with E-state index in [0.29, 0.717) is 0 Å². The number of hydrogen-bond donors (Lipinski definition) is 3. The number of hydrogen-bond acceptors (Lipinski definition) is 3. The Kier molecular flexibility index (Phi) is 5.28. The van der Waals surface area contributed by atoms with Crippen molar-refractivity contribution in [1.82, 2.24) is 5.32 Å². The van der Waals surface area contributed by atoms with Gasteiger partial charge in [-0.05, 0) is 11.8 Å². The molecule has 0 aliphatic rings. The predicted molar refractivity (Wildman–Crippen MR) is 55.2 cm³/mol. The second kappa shape index (κ2) is 5.70. The van der Waals surface area contributed by atoms with Gasteiger partial charge in [0.2, 0.25) is 5.91 Å². The first kappa shape index (κ1) is 13.9. The summed E-state index contributed by atoms with van der Waals surface area (Å²) in [6.07, 6.45) is -1.16. The number of carboxylic acid groups (broad SMARTS) is 1. The first-order valence-corrected chi connectivity index (χ1v) is 4.98. The minimum Gasteiger partial charge on any atom is -0.480 e. The van der Waals surface area contributed by atoms with Crippen LogP contribution in [-0.4, -0.2) is 34.2 Å². The zero-order chi connectivity index (χ0) is 12.2. The Bertz CT molecular complexity index is 238. The van der Waals surface area contributed by atoms with Gasteiger partial charge in [0.25, 0.3) is 0 Å². The summed E-state index contributed by atoms with van der Waals surface area (Å²) in [5.41, 5.74) is 0. The molecule has 0 heterocycles. The van der Waals surface area contributed by atoms with Crippen molar-refractivity contribution >= 4 is 11.9 Å². The maximum Gasteiger partial charge on any atom is 0.326 e. The highest BCUT2D eigenvalue weighted by molar-refractivity contribution is 5.86. The van der Waals surface area contributed by atoms with E-state index in [1.165, 1.54) is 0 Å². The van der Waals surface area contributed by atoms with Crippen molar-refractivity contribution in [3.63, 3.8) is 0 Å². The van der Waals surface area contributed by atoms with Crippen molar-refractivity contribution in [2.75, 3.05) is 0 Å². The third-order valence-electron chi connectivity index (χ3n) is 2.13. The van der Waals surface area contributed by atoms with Gasteiger partial charge < -0.3 is 15.5 Å². The summed E-state index contributed by atoms with van der Waals surface area (Å²) in [6.45, 7) is 6.77. The van der Waals surface area contributed by atoms with Gasteiger partial charge in [0, 0.05) is 0 Å². The number of nitrogens with one attached hydrogen (secondary N) is 1. The minimum absolute atomic E-state index is 0.217. The number of rotatable bonds is 5. The topological polar surface area (TPSA) is 86.6 Å². The molecule has 0 saturated heterocycles. The lowest BCUT2D eigenvalue weighted by molar-refractivity contribution is -0.145. The highest BCUT2D eigenvalue weighted by Gasteiger charge is 2.27. The molecule has 2 atom stereocenters. The molecule has 0 saturated carbocycles. The Hall–Kier alpha value is -1.10. The number of carboxylic acids is 1. The summed E-state index contributed by atoms with van der Waals surface area (Å²) < 4.78 is 0. The molecule has 0 aromatic heterocycles. The van der Waals surface area contributed by atoms with Gasteiger partial charge in [0.15, 0.2) is 0 Å². The standard InChI is InChI=1S/C10H19NO4/c1-5(2)7(10(14)15)11-9(13)8(12)6(3)4/h5-8,12H,1-4H3,(H,11,13)(H,14,15)/t7-,8+/m1/s1. The molecule has 0 aliphatic heterocycles. The Labute approximate surface area is 89.5 Å². The van der Waals surface area contributed by atoms with Crippen LogP contribution in [0.15, 0.2) is 0 Å². The van der Waals surface area contributed by atoms with Crippen LogP contribution in [0.5, 0.6) is 0 Å². The van der Waals surface area contributed by atoms with Gasteiger partial charge in [0.1, 0.15) is 12.1 Å². The second-order valence-corrected chi connectivity index (χ2v) is 4.26. The van der Waals surface area contributed by atoms with E-state index in [-0.39, 0.29) is 11.8 Å². The highest BCUT2D eigenvalue weighted by atomic mass is 16.4. The largest absolute Gasteiger partial charge is 0.480 e. The summed E-state index contributed by atoms with van der Waals surface area (Å²) >= 11 is 0. The fourth-order valence-electron chi connectivity index (χ4n) is 1.05. The molecule has 0 unspecified atom stereocenters. The van der Waals surface area contributed by atoms with E-state index in [9.17, 15) is 14.7 Å². The number of carbonyl (C=O) groups excluding carboxylic acids is 1. The fraction of sp³-hybridized carbons (Fsp3) is 0.800. The summed E-state index contributed by atoms with van der Waals surface area (Å²) in [7, 11) is 0. The smallest absolute Gasteiger partial charge is 0.326 e. The average Bonchev–Trinajstić information content (AvgIpc) is 2.11. The Morgan fingerprint density at radius 3 is 1.80 bits per heavy atom.